The highest BCUT2D eigenvalue weighted by atomic mass is 32.2. The van der Waals surface area contributed by atoms with Gasteiger partial charge < -0.3 is 15.8 Å². The van der Waals surface area contributed by atoms with Gasteiger partial charge in [-0.15, -0.1) is 11.8 Å². The van der Waals surface area contributed by atoms with Gasteiger partial charge in [-0.1, -0.05) is 31.4 Å². The van der Waals surface area contributed by atoms with Crippen molar-refractivity contribution < 1.29 is 19.1 Å². The Morgan fingerprint density at radius 3 is 2.59 bits per heavy atom. The monoisotopic (exact) mass is 389 g/mol. The lowest BCUT2D eigenvalue weighted by molar-refractivity contribution is -0.130. The molecule has 0 radical (unpaired) electrons. The third-order valence-corrected chi connectivity index (χ3v) is 5.51. The number of benzene rings is 1. The van der Waals surface area contributed by atoms with Crippen LogP contribution in [-0.2, 0) is 14.3 Å². The zero-order valence-electron chi connectivity index (χ0n) is 15.2. The third-order valence-electron chi connectivity index (χ3n) is 4.41. The number of carbonyl (C=O) groups excluding carboxylic acids is 3. The Kier molecular flexibility index (Phi) is 7.25. The van der Waals surface area contributed by atoms with Gasteiger partial charge in [-0.05, 0) is 31.9 Å². The van der Waals surface area contributed by atoms with Gasteiger partial charge in [0.05, 0.1) is 17.4 Å². The van der Waals surface area contributed by atoms with E-state index in [2.05, 4.69) is 11.4 Å². The summed E-state index contributed by atoms with van der Waals surface area (Å²) in [5.74, 6) is -1.62. The Morgan fingerprint density at radius 1 is 1.30 bits per heavy atom. The molecule has 0 aliphatic heterocycles. The van der Waals surface area contributed by atoms with Gasteiger partial charge in [-0.25, -0.2) is 4.79 Å². The molecule has 144 valence electrons. The minimum Gasteiger partial charge on any atom is -0.449 e. The van der Waals surface area contributed by atoms with Crippen LogP contribution in [-0.4, -0.2) is 35.2 Å². The minimum atomic E-state index is -1.04. The lowest BCUT2D eigenvalue weighted by Crippen LogP contribution is -2.52. The van der Waals surface area contributed by atoms with E-state index in [4.69, 9.17) is 10.5 Å². The summed E-state index contributed by atoms with van der Waals surface area (Å²) in [6.45, 7) is 1.47. The fraction of sp³-hybridized carbons (Fsp3) is 0.474. The smallest absolute Gasteiger partial charge is 0.340 e. The molecule has 2 amide bonds. The number of nitrogens with two attached hydrogens (primary N) is 1. The number of thioether (sulfide) groups is 1. The molecular weight excluding hydrogens is 366 g/mol. The second-order valence-electron chi connectivity index (χ2n) is 6.54. The van der Waals surface area contributed by atoms with E-state index in [0.717, 1.165) is 31.0 Å². The van der Waals surface area contributed by atoms with Crippen LogP contribution >= 0.6 is 11.8 Å². The highest BCUT2D eigenvalue weighted by Crippen LogP contribution is 2.28. The molecule has 0 spiro atoms. The Bertz CT molecular complexity index is 754. The van der Waals surface area contributed by atoms with E-state index in [1.54, 1.807) is 24.3 Å². The van der Waals surface area contributed by atoms with Crippen molar-refractivity contribution in [1.82, 2.24) is 5.32 Å². The van der Waals surface area contributed by atoms with Crippen LogP contribution in [0.3, 0.4) is 0 Å². The number of rotatable bonds is 7. The number of carbonyl (C=O) groups is 3. The van der Waals surface area contributed by atoms with Crippen LogP contribution in [0.15, 0.2) is 29.2 Å². The number of nitrogens with zero attached hydrogens (tertiary/aromatic N) is 1. The molecule has 1 aromatic rings. The predicted octanol–water partition coefficient (Wildman–Crippen LogP) is 2.15. The summed E-state index contributed by atoms with van der Waals surface area (Å²) in [4.78, 5) is 36.4. The van der Waals surface area contributed by atoms with Crippen molar-refractivity contribution in [3.8, 4) is 6.07 Å². The first-order valence-electron chi connectivity index (χ1n) is 8.81. The predicted molar refractivity (Wildman–Crippen MR) is 101 cm³/mol. The Hall–Kier alpha value is -2.53. The van der Waals surface area contributed by atoms with Crippen LogP contribution in [0.5, 0.6) is 0 Å². The maximum Gasteiger partial charge on any atom is 0.340 e. The molecular formula is C19H23N3O4S. The number of amides is 2. The topological polar surface area (TPSA) is 122 Å². The van der Waals surface area contributed by atoms with E-state index in [0.29, 0.717) is 17.7 Å². The molecule has 1 aliphatic carbocycles. The van der Waals surface area contributed by atoms with E-state index < -0.39 is 29.4 Å². The van der Waals surface area contributed by atoms with E-state index in [1.807, 2.05) is 0 Å². The van der Waals surface area contributed by atoms with Gasteiger partial charge in [0.15, 0.2) is 6.10 Å². The number of hydrogen-bond donors (Lipinski definition) is 2. The molecule has 1 fully saturated rings. The molecule has 27 heavy (non-hydrogen) atoms. The van der Waals surface area contributed by atoms with Crippen molar-refractivity contribution in [3.63, 3.8) is 0 Å². The highest BCUT2D eigenvalue weighted by molar-refractivity contribution is 8.00. The van der Waals surface area contributed by atoms with Gasteiger partial charge >= 0.3 is 5.97 Å². The number of ether oxygens (including phenoxy) is 1. The molecule has 1 aromatic carbocycles. The zero-order valence-corrected chi connectivity index (χ0v) is 16.0. The number of esters is 1. The molecule has 1 unspecified atom stereocenters. The fourth-order valence-corrected chi connectivity index (χ4v) is 3.72. The molecule has 0 saturated heterocycles. The van der Waals surface area contributed by atoms with Crippen molar-refractivity contribution in [2.24, 2.45) is 5.73 Å². The van der Waals surface area contributed by atoms with E-state index in [1.165, 1.54) is 6.92 Å². The maximum atomic E-state index is 12.5. The lowest BCUT2D eigenvalue weighted by Gasteiger charge is -2.32. The van der Waals surface area contributed by atoms with Crippen molar-refractivity contribution in [2.45, 2.75) is 55.6 Å². The molecule has 1 atom stereocenters. The average molecular weight is 389 g/mol. The molecule has 0 bridgehead atoms. The van der Waals surface area contributed by atoms with Gasteiger partial charge in [0.2, 0.25) is 5.91 Å². The number of nitriles is 1. The quantitative estimate of drug-likeness (QED) is 0.544. The van der Waals surface area contributed by atoms with Crippen LogP contribution in [0.4, 0.5) is 0 Å². The molecule has 1 saturated carbocycles. The van der Waals surface area contributed by atoms with Gasteiger partial charge in [0.1, 0.15) is 5.54 Å². The molecule has 7 nitrogen and oxygen atoms in total. The first-order valence-corrected chi connectivity index (χ1v) is 9.80. The van der Waals surface area contributed by atoms with Crippen LogP contribution in [0.2, 0.25) is 0 Å². The maximum absolute atomic E-state index is 12.5. The van der Waals surface area contributed by atoms with Gasteiger partial charge in [-0.2, -0.15) is 5.26 Å². The molecule has 3 N–H and O–H groups in total. The molecule has 8 heteroatoms. The summed E-state index contributed by atoms with van der Waals surface area (Å²) in [5, 5.41) is 12.2. The summed E-state index contributed by atoms with van der Waals surface area (Å²) < 4.78 is 5.29. The minimum absolute atomic E-state index is 0.0328. The Balaban J connectivity index is 2.02. The van der Waals surface area contributed by atoms with E-state index >= 15 is 0 Å². The SMILES string of the molecule is CC(OC(=O)c1ccccc1SCC(N)=O)C(=O)NC1(C#N)CCCCC1. The summed E-state index contributed by atoms with van der Waals surface area (Å²) in [6.07, 6.45) is 2.96. The van der Waals surface area contributed by atoms with Crippen molar-refractivity contribution in [2.75, 3.05) is 5.75 Å². The second kappa shape index (κ2) is 9.42. The first kappa shape index (κ1) is 20.8. The summed E-state index contributed by atoms with van der Waals surface area (Å²) in [5.41, 5.74) is 4.52. The molecule has 1 aliphatic rings. The van der Waals surface area contributed by atoms with Crippen molar-refractivity contribution in [1.29, 1.82) is 5.26 Å². The second-order valence-corrected chi connectivity index (χ2v) is 7.56. The zero-order chi connectivity index (χ0) is 19.9. The standard InChI is InChI=1S/C19H23N3O4S/c1-13(17(24)22-19(12-20)9-5-2-6-10-19)26-18(25)14-7-3-4-8-15(14)27-11-16(21)23/h3-4,7-8,13H,2,5-6,9-11H2,1H3,(H2,21,23)(H,22,24). The van der Waals surface area contributed by atoms with Gasteiger partial charge in [0.25, 0.3) is 5.91 Å². The number of primary amides is 1. The Labute approximate surface area is 162 Å². The van der Waals surface area contributed by atoms with Crippen molar-refractivity contribution >= 4 is 29.5 Å². The molecule has 2 rings (SSSR count). The normalized spacial score (nSPS) is 16.6. The first-order chi connectivity index (χ1) is 12.9. The molecule has 0 heterocycles. The lowest BCUT2D eigenvalue weighted by atomic mass is 9.83. The third kappa shape index (κ3) is 5.73. The fourth-order valence-electron chi connectivity index (χ4n) is 2.95. The summed E-state index contributed by atoms with van der Waals surface area (Å²) >= 11 is 1.13. The van der Waals surface area contributed by atoms with Crippen LogP contribution in [0.25, 0.3) is 0 Å². The number of hydrogen-bond acceptors (Lipinski definition) is 6. The largest absolute Gasteiger partial charge is 0.449 e. The van der Waals surface area contributed by atoms with E-state index in [-0.39, 0.29) is 11.3 Å². The Morgan fingerprint density at radius 2 is 1.96 bits per heavy atom. The van der Waals surface area contributed by atoms with Gasteiger partial charge in [0, 0.05) is 4.90 Å². The van der Waals surface area contributed by atoms with Crippen LogP contribution < -0.4 is 11.1 Å². The summed E-state index contributed by atoms with van der Waals surface area (Å²) in [6, 6.07) is 8.85. The summed E-state index contributed by atoms with van der Waals surface area (Å²) in [7, 11) is 0. The van der Waals surface area contributed by atoms with Gasteiger partial charge in [-0.3, -0.25) is 9.59 Å². The molecule has 0 aromatic heterocycles. The average Bonchev–Trinajstić information content (AvgIpc) is 2.67. The number of nitrogens with one attached hydrogen (secondary N) is 1. The van der Waals surface area contributed by atoms with E-state index in [9.17, 15) is 19.6 Å². The highest BCUT2D eigenvalue weighted by Gasteiger charge is 2.35. The van der Waals surface area contributed by atoms with Crippen molar-refractivity contribution in [3.05, 3.63) is 29.8 Å². The van der Waals surface area contributed by atoms with Crippen LogP contribution in [0, 0.1) is 11.3 Å². The van der Waals surface area contributed by atoms with Crippen LogP contribution in [0.1, 0.15) is 49.4 Å².